The number of benzene rings is 1. The first-order valence-corrected chi connectivity index (χ1v) is 9.30. The van der Waals surface area contributed by atoms with E-state index in [-0.39, 0.29) is 17.5 Å². The third-order valence-corrected chi connectivity index (χ3v) is 6.60. The molecule has 4 atom stereocenters. The van der Waals surface area contributed by atoms with Gasteiger partial charge in [-0.05, 0) is 31.9 Å². The van der Waals surface area contributed by atoms with Crippen molar-refractivity contribution in [2.75, 3.05) is 6.54 Å². The number of nitrogens with one attached hydrogen (secondary N) is 1. The van der Waals surface area contributed by atoms with E-state index in [2.05, 4.69) is 4.72 Å². The van der Waals surface area contributed by atoms with Crippen LogP contribution in [0.25, 0.3) is 0 Å². The molecule has 0 saturated carbocycles. The third-order valence-electron chi connectivity index (χ3n) is 5.18. The summed E-state index contributed by atoms with van der Waals surface area (Å²) in [5.41, 5.74) is -0.0311. The van der Waals surface area contributed by atoms with Gasteiger partial charge < -0.3 is 9.47 Å². The minimum absolute atomic E-state index is 0.0523. The zero-order valence-electron chi connectivity index (χ0n) is 13.0. The number of esters is 2. The second-order valence-corrected chi connectivity index (χ2v) is 8.41. The standard InChI is InChI=1S/C16H17NO6S/c1-9-2-4-10(5-3-9)24(20,21)17-8-16-7-6-11(23-16)12-13(16)15(19)22-14(12)18/h2-5,11-13,17H,6-8H2,1H3/t11-,12+,13-,16-/m0/s1. The summed E-state index contributed by atoms with van der Waals surface area (Å²) < 4.78 is 38.0. The number of carbonyl (C=O) groups is 2. The van der Waals surface area contributed by atoms with Gasteiger partial charge in [-0.25, -0.2) is 13.1 Å². The number of hydrogen-bond acceptors (Lipinski definition) is 6. The Morgan fingerprint density at radius 2 is 1.92 bits per heavy atom. The van der Waals surface area contributed by atoms with E-state index < -0.39 is 39.4 Å². The van der Waals surface area contributed by atoms with Crippen LogP contribution in [0.2, 0.25) is 0 Å². The maximum absolute atomic E-state index is 12.5. The molecule has 2 bridgehead atoms. The van der Waals surface area contributed by atoms with Crippen molar-refractivity contribution in [2.45, 2.75) is 36.4 Å². The maximum Gasteiger partial charge on any atom is 0.320 e. The molecule has 1 aromatic rings. The van der Waals surface area contributed by atoms with Crippen LogP contribution in [-0.4, -0.2) is 38.6 Å². The van der Waals surface area contributed by atoms with Crippen molar-refractivity contribution in [1.29, 1.82) is 0 Å². The number of rotatable bonds is 4. The van der Waals surface area contributed by atoms with Gasteiger partial charge in [0.05, 0.1) is 22.5 Å². The van der Waals surface area contributed by atoms with Crippen molar-refractivity contribution in [2.24, 2.45) is 11.8 Å². The lowest BCUT2D eigenvalue weighted by atomic mass is 9.73. The molecule has 4 rings (SSSR count). The summed E-state index contributed by atoms with van der Waals surface area (Å²) in [5.74, 6) is -2.49. The molecule has 0 aliphatic carbocycles. The second kappa shape index (κ2) is 5.11. The summed E-state index contributed by atoms with van der Waals surface area (Å²) in [4.78, 5) is 23.9. The van der Waals surface area contributed by atoms with Crippen LogP contribution >= 0.6 is 0 Å². The minimum Gasteiger partial charge on any atom is -0.393 e. The zero-order chi connectivity index (χ0) is 17.1. The highest BCUT2D eigenvalue weighted by Crippen LogP contribution is 2.54. The average molecular weight is 351 g/mol. The van der Waals surface area contributed by atoms with Gasteiger partial charge in [0.25, 0.3) is 0 Å². The van der Waals surface area contributed by atoms with Gasteiger partial charge in [0.15, 0.2) is 0 Å². The number of carbonyl (C=O) groups excluding carboxylic acids is 2. The highest BCUT2D eigenvalue weighted by Gasteiger charge is 2.68. The molecule has 0 amide bonds. The molecule has 3 fully saturated rings. The Bertz CT molecular complexity index is 817. The van der Waals surface area contributed by atoms with Crippen molar-refractivity contribution in [3.8, 4) is 0 Å². The fraction of sp³-hybridized carbons (Fsp3) is 0.500. The van der Waals surface area contributed by atoms with E-state index in [9.17, 15) is 18.0 Å². The van der Waals surface area contributed by atoms with Gasteiger partial charge in [-0.15, -0.1) is 0 Å². The van der Waals surface area contributed by atoms with E-state index >= 15 is 0 Å². The first-order valence-electron chi connectivity index (χ1n) is 7.82. The minimum atomic E-state index is -3.72. The van der Waals surface area contributed by atoms with E-state index in [1.54, 1.807) is 12.1 Å². The molecule has 7 nitrogen and oxygen atoms in total. The molecule has 0 radical (unpaired) electrons. The molecule has 3 aliphatic rings. The van der Waals surface area contributed by atoms with Crippen LogP contribution in [0.5, 0.6) is 0 Å². The van der Waals surface area contributed by atoms with Gasteiger partial charge in [-0.3, -0.25) is 9.59 Å². The van der Waals surface area contributed by atoms with Crippen LogP contribution in [0, 0.1) is 18.8 Å². The molecule has 1 aromatic carbocycles. The third kappa shape index (κ3) is 2.21. The lowest BCUT2D eigenvalue weighted by molar-refractivity contribution is -0.158. The van der Waals surface area contributed by atoms with Gasteiger partial charge in [-0.1, -0.05) is 17.7 Å². The van der Waals surface area contributed by atoms with Crippen molar-refractivity contribution >= 4 is 22.0 Å². The topological polar surface area (TPSA) is 98.8 Å². The average Bonchev–Trinajstić information content (AvgIpc) is 3.18. The molecule has 0 spiro atoms. The molecule has 3 saturated heterocycles. The van der Waals surface area contributed by atoms with E-state index in [0.717, 1.165) is 5.56 Å². The maximum atomic E-state index is 12.5. The van der Waals surface area contributed by atoms with E-state index in [4.69, 9.17) is 9.47 Å². The van der Waals surface area contributed by atoms with Crippen LogP contribution in [0.1, 0.15) is 18.4 Å². The van der Waals surface area contributed by atoms with Gasteiger partial charge in [0, 0.05) is 6.54 Å². The summed E-state index contributed by atoms with van der Waals surface area (Å²) in [6.07, 6.45) is 0.783. The molecular weight excluding hydrogens is 334 g/mol. The van der Waals surface area contributed by atoms with Gasteiger partial charge in [-0.2, -0.15) is 0 Å². The number of ether oxygens (including phenoxy) is 2. The monoisotopic (exact) mass is 351 g/mol. The van der Waals surface area contributed by atoms with Crippen molar-refractivity contribution in [3.63, 3.8) is 0 Å². The van der Waals surface area contributed by atoms with Gasteiger partial charge in [0.2, 0.25) is 10.0 Å². The highest BCUT2D eigenvalue weighted by atomic mass is 32.2. The lowest BCUT2D eigenvalue weighted by Crippen LogP contribution is -2.48. The largest absolute Gasteiger partial charge is 0.393 e. The second-order valence-electron chi connectivity index (χ2n) is 6.64. The Morgan fingerprint density at radius 1 is 1.21 bits per heavy atom. The summed E-state index contributed by atoms with van der Waals surface area (Å²) >= 11 is 0. The molecule has 128 valence electrons. The first-order chi connectivity index (χ1) is 11.3. The molecule has 3 aliphatic heterocycles. The zero-order valence-corrected chi connectivity index (χ0v) is 13.8. The van der Waals surface area contributed by atoms with Crippen LogP contribution in [-0.2, 0) is 29.1 Å². The Hall–Kier alpha value is -1.77. The predicted molar refractivity (Wildman–Crippen MR) is 81.3 cm³/mol. The summed E-state index contributed by atoms with van der Waals surface area (Å²) in [6.45, 7) is 1.82. The first kappa shape index (κ1) is 15.7. The van der Waals surface area contributed by atoms with Crippen molar-refractivity contribution < 1.29 is 27.5 Å². The molecule has 8 heteroatoms. The molecular formula is C16H17NO6S. The Labute approximate surface area is 139 Å². The lowest BCUT2D eigenvalue weighted by Gasteiger charge is -2.29. The smallest absolute Gasteiger partial charge is 0.320 e. The normalized spacial score (nSPS) is 34.5. The number of sulfonamides is 1. The summed E-state index contributed by atoms with van der Waals surface area (Å²) in [6, 6.07) is 6.48. The molecule has 1 N–H and O–H groups in total. The molecule has 0 unspecified atom stereocenters. The fourth-order valence-electron chi connectivity index (χ4n) is 3.97. The molecule has 24 heavy (non-hydrogen) atoms. The van der Waals surface area contributed by atoms with E-state index in [0.29, 0.717) is 12.8 Å². The molecule has 3 heterocycles. The Kier molecular flexibility index (Phi) is 3.35. The predicted octanol–water partition coefficient (Wildman–Crippen LogP) is 0.521. The van der Waals surface area contributed by atoms with Crippen LogP contribution in [0.4, 0.5) is 0 Å². The number of fused-ring (bicyclic) bond motifs is 5. The van der Waals surface area contributed by atoms with Gasteiger partial charge in [0.1, 0.15) is 5.92 Å². The number of hydrogen-bond donors (Lipinski definition) is 1. The van der Waals surface area contributed by atoms with Crippen LogP contribution < -0.4 is 4.72 Å². The SMILES string of the molecule is Cc1ccc(S(=O)(=O)NC[C@]23CC[C@H](O2)[C@H]2C(=O)OC(=O)[C@H]23)cc1. The highest BCUT2D eigenvalue weighted by molar-refractivity contribution is 7.89. The van der Waals surface area contributed by atoms with E-state index in [1.807, 2.05) is 6.92 Å². The Morgan fingerprint density at radius 3 is 2.62 bits per heavy atom. The summed E-state index contributed by atoms with van der Waals surface area (Å²) in [5, 5.41) is 0. The van der Waals surface area contributed by atoms with Crippen molar-refractivity contribution in [3.05, 3.63) is 29.8 Å². The van der Waals surface area contributed by atoms with E-state index in [1.165, 1.54) is 12.1 Å². The summed E-state index contributed by atoms with van der Waals surface area (Å²) in [7, 11) is -3.72. The Balaban J connectivity index is 1.56. The van der Waals surface area contributed by atoms with Crippen LogP contribution in [0.3, 0.4) is 0 Å². The van der Waals surface area contributed by atoms with Gasteiger partial charge >= 0.3 is 11.9 Å². The molecule has 0 aromatic heterocycles. The quantitative estimate of drug-likeness (QED) is 0.627. The van der Waals surface area contributed by atoms with Crippen molar-refractivity contribution in [1.82, 2.24) is 4.72 Å². The number of aryl methyl sites for hydroxylation is 1. The number of cyclic esters (lactones) is 2. The fourth-order valence-corrected chi connectivity index (χ4v) is 5.06. The van der Waals surface area contributed by atoms with Crippen LogP contribution in [0.15, 0.2) is 29.2 Å².